The number of aryl methyl sites for hydroxylation is 1. The number of nitrogens with one attached hydrogen (secondary N) is 1. The molecule has 1 fully saturated rings. The molecular formula is C20H25FN4O. The van der Waals surface area contributed by atoms with Crippen LogP contribution in [0.5, 0.6) is 0 Å². The molecule has 0 saturated heterocycles. The van der Waals surface area contributed by atoms with Gasteiger partial charge in [0.2, 0.25) is 0 Å². The number of tetrazole rings is 1. The predicted octanol–water partition coefficient (Wildman–Crippen LogP) is 4.14. The van der Waals surface area contributed by atoms with Crippen LogP contribution in [0.15, 0.2) is 30.3 Å². The lowest BCUT2D eigenvalue weighted by molar-refractivity contribution is -0.121. The van der Waals surface area contributed by atoms with Crippen molar-refractivity contribution < 1.29 is 9.18 Å². The van der Waals surface area contributed by atoms with Crippen LogP contribution in [0.4, 0.5) is 4.39 Å². The molecule has 0 spiro atoms. The summed E-state index contributed by atoms with van der Waals surface area (Å²) in [7, 11) is 0. The molecule has 1 aliphatic carbocycles. The third kappa shape index (κ3) is 5.31. The molecule has 1 aromatic carbocycles. The summed E-state index contributed by atoms with van der Waals surface area (Å²) in [5, 5.41) is 13.9. The molecule has 1 aliphatic rings. The van der Waals surface area contributed by atoms with E-state index in [1.165, 1.54) is 12.1 Å². The van der Waals surface area contributed by atoms with Crippen molar-refractivity contribution in [2.75, 3.05) is 0 Å². The average molecular weight is 356 g/mol. The second kappa shape index (κ2) is 9.36. The number of allylic oxidation sites excluding steroid dienone is 1. The Labute approximate surface area is 153 Å². The van der Waals surface area contributed by atoms with Gasteiger partial charge in [-0.3, -0.25) is 4.79 Å². The number of nitrogens with zero attached hydrogens (tertiary/aromatic N) is 3. The molecular weight excluding hydrogens is 331 g/mol. The molecule has 2 atom stereocenters. The minimum atomic E-state index is -0.226. The van der Waals surface area contributed by atoms with E-state index >= 15 is 0 Å². The molecule has 5 nitrogen and oxygen atoms in total. The van der Waals surface area contributed by atoms with Gasteiger partial charge in [-0.25, -0.2) is 4.39 Å². The van der Waals surface area contributed by atoms with E-state index in [0.717, 1.165) is 56.3 Å². The zero-order chi connectivity index (χ0) is 18.2. The largest absolute Gasteiger partial charge is 0.299 e. The van der Waals surface area contributed by atoms with Crippen LogP contribution in [0.1, 0.15) is 56.3 Å². The zero-order valence-electron chi connectivity index (χ0n) is 14.9. The number of halogens is 1. The summed E-state index contributed by atoms with van der Waals surface area (Å²) in [4.78, 5) is 12.2. The number of H-pyrrole nitrogens is 1. The zero-order valence-corrected chi connectivity index (χ0v) is 14.9. The maximum absolute atomic E-state index is 13.0. The summed E-state index contributed by atoms with van der Waals surface area (Å²) in [6.07, 6.45) is 11.9. The van der Waals surface area contributed by atoms with E-state index < -0.39 is 0 Å². The van der Waals surface area contributed by atoms with Gasteiger partial charge in [-0.05, 0) is 42.9 Å². The van der Waals surface area contributed by atoms with E-state index in [1.807, 2.05) is 6.08 Å². The highest BCUT2D eigenvalue weighted by Gasteiger charge is 2.32. The maximum Gasteiger partial charge on any atom is 0.174 e. The van der Waals surface area contributed by atoms with Gasteiger partial charge in [0, 0.05) is 18.8 Å². The second-order valence-corrected chi connectivity index (χ2v) is 6.97. The first-order valence-electron chi connectivity index (χ1n) is 9.41. The first-order chi connectivity index (χ1) is 12.7. The van der Waals surface area contributed by atoms with Gasteiger partial charge >= 0.3 is 0 Å². The Bertz CT molecular complexity index is 712. The molecule has 0 aliphatic heterocycles. The van der Waals surface area contributed by atoms with Crippen LogP contribution in [-0.2, 0) is 11.2 Å². The van der Waals surface area contributed by atoms with Crippen molar-refractivity contribution in [3.8, 4) is 0 Å². The average Bonchev–Trinajstić information content (AvgIpc) is 3.28. The van der Waals surface area contributed by atoms with Gasteiger partial charge in [0.15, 0.2) is 5.82 Å². The van der Waals surface area contributed by atoms with E-state index in [2.05, 4.69) is 26.7 Å². The summed E-state index contributed by atoms with van der Waals surface area (Å²) in [6.45, 7) is 0. The van der Waals surface area contributed by atoms with Crippen LogP contribution in [0.25, 0.3) is 6.08 Å². The standard InChI is InChI=1S/C20H25FN4O/c21-17-12-8-15(9-13-17)7-10-16-11-14-19(26)18(16)5-3-1-2-4-6-20-22-24-25-23-20/h7-10,12-13,16,18H,1-6,11,14H2,(H,22,23,24,25). The molecule has 0 amide bonds. The van der Waals surface area contributed by atoms with Crippen molar-refractivity contribution in [3.05, 3.63) is 47.5 Å². The second-order valence-electron chi connectivity index (χ2n) is 6.97. The van der Waals surface area contributed by atoms with Gasteiger partial charge in [0.25, 0.3) is 0 Å². The quantitative estimate of drug-likeness (QED) is 0.686. The van der Waals surface area contributed by atoms with Crippen LogP contribution < -0.4 is 0 Å². The fraction of sp³-hybridized carbons (Fsp3) is 0.500. The minimum absolute atomic E-state index is 0.143. The van der Waals surface area contributed by atoms with Crippen LogP contribution in [0, 0.1) is 17.7 Å². The van der Waals surface area contributed by atoms with Crippen LogP contribution in [-0.4, -0.2) is 26.4 Å². The number of unbranched alkanes of at least 4 members (excludes halogenated alkanes) is 3. The van der Waals surface area contributed by atoms with Crippen LogP contribution in [0.3, 0.4) is 0 Å². The Kier molecular flexibility index (Phi) is 6.63. The predicted molar refractivity (Wildman–Crippen MR) is 97.6 cm³/mol. The van der Waals surface area contributed by atoms with Crippen LogP contribution >= 0.6 is 0 Å². The van der Waals surface area contributed by atoms with Crippen molar-refractivity contribution in [1.82, 2.24) is 20.6 Å². The summed E-state index contributed by atoms with van der Waals surface area (Å²) < 4.78 is 13.0. The Morgan fingerprint density at radius 2 is 1.96 bits per heavy atom. The first-order valence-corrected chi connectivity index (χ1v) is 9.41. The lowest BCUT2D eigenvalue weighted by Gasteiger charge is -2.14. The number of rotatable bonds is 9. The number of aromatic amines is 1. The van der Waals surface area contributed by atoms with E-state index in [9.17, 15) is 9.18 Å². The molecule has 2 aromatic rings. The lowest BCUT2D eigenvalue weighted by Crippen LogP contribution is -2.13. The number of Topliss-reactive ketones (excluding diaryl/α,β-unsaturated/α-hetero) is 1. The Hall–Kier alpha value is -2.37. The van der Waals surface area contributed by atoms with E-state index in [-0.39, 0.29) is 11.7 Å². The molecule has 0 radical (unpaired) electrons. The number of hydrogen-bond donors (Lipinski definition) is 1. The highest BCUT2D eigenvalue weighted by atomic mass is 19.1. The fourth-order valence-corrected chi connectivity index (χ4v) is 3.64. The number of benzene rings is 1. The van der Waals surface area contributed by atoms with Crippen molar-refractivity contribution in [2.45, 2.75) is 51.4 Å². The Morgan fingerprint density at radius 1 is 1.15 bits per heavy atom. The summed E-state index contributed by atoms with van der Waals surface area (Å²) in [6, 6.07) is 6.46. The molecule has 138 valence electrons. The SMILES string of the molecule is O=C1CCC(C=Cc2ccc(F)cc2)C1CCCCCCc1nn[nH]n1. The third-order valence-corrected chi connectivity index (χ3v) is 5.12. The maximum atomic E-state index is 13.0. The van der Waals surface area contributed by atoms with Crippen LogP contribution in [0.2, 0.25) is 0 Å². The summed E-state index contributed by atoms with van der Waals surface area (Å²) in [5.74, 6) is 1.39. The monoisotopic (exact) mass is 356 g/mol. The highest BCUT2D eigenvalue weighted by molar-refractivity contribution is 5.83. The molecule has 1 aromatic heterocycles. The van der Waals surface area contributed by atoms with Gasteiger partial charge in [-0.2, -0.15) is 5.21 Å². The van der Waals surface area contributed by atoms with Crippen molar-refractivity contribution >= 4 is 11.9 Å². The molecule has 1 heterocycles. The summed E-state index contributed by atoms with van der Waals surface area (Å²) in [5.41, 5.74) is 0.978. The lowest BCUT2D eigenvalue weighted by atomic mass is 9.89. The molecule has 3 rings (SSSR count). The number of carbonyl (C=O) groups excluding carboxylic acids is 1. The Balaban J connectivity index is 1.40. The molecule has 2 unspecified atom stereocenters. The number of hydrogen-bond acceptors (Lipinski definition) is 4. The Morgan fingerprint density at radius 3 is 2.73 bits per heavy atom. The highest BCUT2D eigenvalue weighted by Crippen LogP contribution is 2.34. The molecule has 0 bridgehead atoms. The fourth-order valence-electron chi connectivity index (χ4n) is 3.64. The minimum Gasteiger partial charge on any atom is -0.299 e. The van der Waals surface area contributed by atoms with E-state index in [1.54, 1.807) is 12.1 Å². The normalized spacial score (nSPS) is 20.3. The van der Waals surface area contributed by atoms with Gasteiger partial charge in [-0.1, -0.05) is 48.8 Å². The number of carbonyl (C=O) groups is 1. The first kappa shape index (κ1) is 18.4. The molecule has 1 saturated carbocycles. The number of aromatic nitrogens is 4. The van der Waals surface area contributed by atoms with Gasteiger partial charge in [-0.15, -0.1) is 10.2 Å². The molecule has 26 heavy (non-hydrogen) atoms. The van der Waals surface area contributed by atoms with Gasteiger partial charge in [0.1, 0.15) is 11.6 Å². The van der Waals surface area contributed by atoms with Crippen molar-refractivity contribution in [1.29, 1.82) is 0 Å². The topological polar surface area (TPSA) is 71.5 Å². The van der Waals surface area contributed by atoms with Crippen molar-refractivity contribution in [2.24, 2.45) is 11.8 Å². The smallest absolute Gasteiger partial charge is 0.174 e. The van der Waals surface area contributed by atoms with E-state index in [0.29, 0.717) is 18.1 Å². The van der Waals surface area contributed by atoms with Gasteiger partial charge in [0.05, 0.1) is 0 Å². The molecule has 6 heteroatoms. The molecule has 1 N–H and O–H groups in total. The third-order valence-electron chi connectivity index (χ3n) is 5.12. The van der Waals surface area contributed by atoms with E-state index in [4.69, 9.17) is 0 Å². The number of ketones is 1. The van der Waals surface area contributed by atoms with Gasteiger partial charge < -0.3 is 0 Å². The van der Waals surface area contributed by atoms with Crippen molar-refractivity contribution in [3.63, 3.8) is 0 Å². The summed E-state index contributed by atoms with van der Waals surface area (Å²) >= 11 is 0.